The molecule has 1 heterocycles. The fourth-order valence-corrected chi connectivity index (χ4v) is 2.46. The molecule has 112 valence electrons. The van der Waals surface area contributed by atoms with E-state index in [1.54, 1.807) is 24.3 Å². The number of non-ortho nitro benzene ring substituents is 1. The minimum atomic E-state index is -0.375. The highest BCUT2D eigenvalue weighted by Gasteiger charge is 2.10. The number of hydrogen-bond acceptors (Lipinski definition) is 3. The maximum atomic E-state index is 10.6. The summed E-state index contributed by atoms with van der Waals surface area (Å²) in [4.78, 5) is 10.3. The fourth-order valence-electron chi connectivity index (χ4n) is 2.46. The number of nitrogens with zero attached hydrogens (tertiary/aromatic N) is 2. The van der Waals surface area contributed by atoms with Gasteiger partial charge in [0.1, 0.15) is 0 Å². The number of hydrogen-bond donors (Lipinski definition) is 1. The molecular weight excluding hydrogens is 266 g/mol. The first-order valence-electron chi connectivity index (χ1n) is 7.20. The maximum Gasteiger partial charge on any atom is 0.269 e. The Balaban J connectivity index is 2.06. The molecule has 1 aromatic carbocycles. The van der Waals surface area contributed by atoms with Crippen LogP contribution in [0.5, 0.6) is 0 Å². The largest absolute Gasteiger partial charge is 0.350 e. The molecule has 0 aliphatic heterocycles. The molecule has 5 nitrogen and oxygen atoms in total. The summed E-state index contributed by atoms with van der Waals surface area (Å²) in [5, 5.41) is 14.0. The second kappa shape index (κ2) is 7.04. The predicted molar refractivity (Wildman–Crippen MR) is 83.3 cm³/mol. The van der Waals surface area contributed by atoms with Gasteiger partial charge in [0.2, 0.25) is 0 Å². The molecule has 0 saturated carbocycles. The summed E-state index contributed by atoms with van der Waals surface area (Å²) in [6, 6.07) is 9.22. The highest BCUT2D eigenvalue weighted by Crippen LogP contribution is 2.19. The van der Waals surface area contributed by atoms with Gasteiger partial charge < -0.3 is 9.88 Å². The molecule has 0 aliphatic carbocycles. The van der Waals surface area contributed by atoms with E-state index in [9.17, 15) is 10.1 Å². The second-order valence-corrected chi connectivity index (χ2v) is 5.17. The second-order valence-electron chi connectivity index (χ2n) is 5.17. The van der Waals surface area contributed by atoms with Gasteiger partial charge in [0, 0.05) is 37.1 Å². The topological polar surface area (TPSA) is 60.1 Å². The molecule has 1 unspecified atom stereocenters. The molecule has 0 aliphatic rings. The number of rotatable bonds is 7. The van der Waals surface area contributed by atoms with Crippen molar-refractivity contribution in [3.8, 4) is 0 Å². The molecular formula is C16H21N3O2. The van der Waals surface area contributed by atoms with Crippen molar-refractivity contribution in [1.82, 2.24) is 9.88 Å². The average Bonchev–Trinajstić information content (AvgIpc) is 2.93. The first kappa shape index (κ1) is 15.3. The Hall–Kier alpha value is -2.14. The van der Waals surface area contributed by atoms with Gasteiger partial charge in [-0.3, -0.25) is 10.1 Å². The zero-order valence-corrected chi connectivity index (χ0v) is 12.5. The van der Waals surface area contributed by atoms with E-state index in [1.165, 1.54) is 5.56 Å². The summed E-state index contributed by atoms with van der Waals surface area (Å²) in [6.45, 7) is 2.90. The van der Waals surface area contributed by atoms with Gasteiger partial charge in [0.15, 0.2) is 0 Å². The average molecular weight is 287 g/mol. The maximum absolute atomic E-state index is 10.6. The summed E-state index contributed by atoms with van der Waals surface area (Å²) in [5.41, 5.74) is 2.46. The van der Waals surface area contributed by atoms with Crippen LogP contribution in [0.2, 0.25) is 0 Å². The molecule has 0 saturated heterocycles. The van der Waals surface area contributed by atoms with Gasteiger partial charge in [-0.15, -0.1) is 0 Å². The first-order chi connectivity index (χ1) is 10.1. The number of nitrogens with one attached hydrogen (secondary N) is 1. The van der Waals surface area contributed by atoms with Gasteiger partial charge in [-0.2, -0.15) is 0 Å². The lowest BCUT2D eigenvalue weighted by Crippen LogP contribution is -2.15. The minimum absolute atomic E-state index is 0.130. The standard InChI is InChI=1S/C16H21N3O2/c1-3-4-16(17-2)14-9-10-18(12-14)11-13-5-7-15(8-6-13)19(20)21/h5-10,12,16-17H,3-4,11H2,1-2H3. The monoisotopic (exact) mass is 287 g/mol. The Morgan fingerprint density at radius 2 is 2.00 bits per heavy atom. The molecule has 2 aromatic rings. The molecule has 0 radical (unpaired) electrons. The summed E-state index contributed by atoms with van der Waals surface area (Å²) in [5.74, 6) is 0. The zero-order chi connectivity index (χ0) is 15.2. The summed E-state index contributed by atoms with van der Waals surface area (Å²) >= 11 is 0. The van der Waals surface area contributed by atoms with Crippen LogP contribution in [0, 0.1) is 10.1 Å². The molecule has 0 amide bonds. The van der Waals surface area contributed by atoms with E-state index in [2.05, 4.69) is 35.3 Å². The Bertz CT molecular complexity index is 590. The predicted octanol–water partition coefficient (Wildman–Crippen LogP) is 3.51. The fraction of sp³-hybridized carbons (Fsp3) is 0.375. The number of nitro benzene ring substituents is 1. The molecule has 1 aromatic heterocycles. The van der Waals surface area contributed by atoms with Gasteiger partial charge in [-0.1, -0.05) is 25.5 Å². The van der Waals surface area contributed by atoms with Gasteiger partial charge in [0.05, 0.1) is 4.92 Å². The van der Waals surface area contributed by atoms with E-state index in [0.29, 0.717) is 6.04 Å². The van der Waals surface area contributed by atoms with Crippen molar-refractivity contribution in [2.45, 2.75) is 32.4 Å². The van der Waals surface area contributed by atoms with Crippen molar-refractivity contribution in [3.05, 3.63) is 64.0 Å². The quantitative estimate of drug-likeness (QED) is 0.626. The van der Waals surface area contributed by atoms with Crippen molar-refractivity contribution in [2.75, 3.05) is 7.05 Å². The van der Waals surface area contributed by atoms with Crippen molar-refractivity contribution >= 4 is 5.69 Å². The molecule has 0 bridgehead atoms. The summed E-state index contributed by atoms with van der Waals surface area (Å²) in [6.07, 6.45) is 6.44. The van der Waals surface area contributed by atoms with Crippen LogP contribution in [0.1, 0.15) is 36.9 Å². The minimum Gasteiger partial charge on any atom is -0.350 e. The molecule has 0 fully saturated rings. The smallest absolute Gasteiger partial charge is 0.269 e. The first-order valence-corrected chi connectivity index (χ1v) is 7.20. The summed E-state index contributed by atoms with van der Waals surface area (Å²) < 4.78 is 2.11. The van der Waals surface area contributed by atoms with Gasteiger partial charge in [-0.25, -0.2) is 0 Å². The molecule has 21 heavy (non-hydrogen) atoms. The summed E-state index contributed by atoms with van der Waals surface area (Å²) in [7, 11) is 1.98. The Labute approximate surface area is 124 Å². The van der Waals surface area contributed by atoms with E-state index in [-0.39, 0.29) is 10.6 Å². The highest BCUT2D eigenvalue weighted by atomic mass is 16.6. The lowest BCUT2D eigenvalue weighted by molar-refractivity contribution is -0.384. The number of aromatic nitrogens is 1. The van der Waals surface area contributed by atoms with E-state index < -0.39 is 0 Å². The van der Waals surface area contributed by atoms with Crippen molar-refractivity contribution in [2.24, 2.45) is 0 Å². The van der Waals surface area contributed by atoms with Gasteiger partial charge in [-0.05, 0) is 30.7 Å². The van der Waals surface area contributed by atoms with E-state index in [0.717, 1.165) is 24.9 Å². The van der Waals surface area contributed by atoms with Gasteiger partial charge in [0.25, 0.3) is 5.69 Å². The van der Waals surface area contributed by atoms with E-state index >= 15 is 0 Å². The SMILES string of the molecule is CCCC(NC)c1ccn(Cc2ccc([N+](=O)[O-])cc2)c1. The third-order valence-electron chi connectivity index (χ3n) is 3.61. The molecule has 0 spiro atoms. The van der Waals surface area contributed by atoms with Crippen LogP contribution < -0.4 is 5.32 Å². The zero-order valence-electron chi connectivity index (χ0n) is 12.5. The lowest BCUT2D eigenvalue weighted by atomic mass is 10.1. The van der Waals surface area contributed by atoms with Crippen molar-refractivity contribution in [1.29, 1.82) is 0 Å². The Kier molecular flexibility index (Phi) is 5.11. The van der Waals surface area contributed by atoms with Crippen LogP contribution in [-0.2, 0) is 6.54 Å². The van der Waals surface area contributed by atoms with E-state index in [1.807, 2.05) is 7.05 Å². The van der Waals surface area contributed by atoms with Crippen LogP contribution >= 0.6 is 0 Å². The van der Waals surface area contributed by atoms with Crippen molar-refractivity contribution in [3.63, 3.8) is 0 Å². The van der Waals surface area contributed by atoms with Crippen LogP contribution in [0.15, 0.2) is 42.7 Å². The van der Waals surface area contributed by atoms with Crippen LogP contribution in [-0.4, -0.2) is 16.5 Å². The molecule has 1 N–H and O–H groups in total. The highest BCUT2D eigenvalue weighted by molar-refractivity contribution is 5.33. The van der Waals surface area contributed by atoms with E-state index in [4.69, 9.17) is 0 Å². The van der Waals surface area contributed by atoms with Crippen LogP contribution in [0.25, 0.3) is 0 Å². The third-order valence-corrected chi connectivity index (χ3v) is 3.61. The van der Waals surface area contributed by atoms with Crippen LogP contribution in [0.3, 0.4) is 0 Å². The molecule has 2 rings (SSSR count). The molecule has 1 atom stereocenters. The van der Waals surface area contributed by atoms with Crippen molar-refractivity contribution < 1.29 is 4.92 Å². The Morgan fingerprint density at radius 1 is 1.29 bits per heavy atom. The normalized spacial score (nSPS) is 12.3. The lowest BCUT2D eigenvalue weighted by Gasteiger charge is -2.13. The third kappa shape index (κ3) is 3.92. The molecule has 5 heteroatoms. The van der Waals surface area contributed by atoms with Gasteiger partial charge >= 0.3 is 0 Å². The number of nitro groups is 1. The number of benzene rings is 1. The Morgan fingerprint density at radius 3 is 2.57 bits per heavy atom. The van der Waals surface area contributed by atoms with Crippen LogP contribution in [0.4, 0.5) is 5.69 Å².